The number of sulfone groups is 1. The normalized spacial score (nSPS) is 11.4. The van der Waals surface area contributed by atoms with Crippen molar-refractivity contribution in [2.45, 2.75) is 4.90 Å². The van der Waals surface area contributed by atoms with E-state index in [1.807, 2.05) is 0 Å². The molecule has 0 bridgehead atoms. The molecule has 0 unspecified atom stereocenters. The second-order valence-electron chi connectivity index (χ2n) is 2.04. The van der Waals surface area contributed by atoms with Crippen LogP contribution in [0.2, 0.25) is 0 Å². The maximum atomic E-state index is 11.2. The van der Waals surface area contributed by atoms with Gasteiger partial charge in [-0.2, -0.15) is 0 Å². The Morgan fingerprint density at radius 1 is 1.18 bits per heavy atom. The van der Waals surface area contributed by atoms with Gasteiger partial charge in [-0.3, -0.25) is 0 Å². The SMILES string of the molecule is O=S(=O)(CBr)c1ccccc1. The Morgan fingerprint density at radius 2 is 1.73 bits per heavy atom. The molecule has 1 rings (SSSR count). The molecule has 4 heteroatoms. The molecule has 0 saturated carbocycles. The first-order chi connectivity index (χ1) is 5.17. The Balaban J connectivity index is 3.14. The summed E-state index contributed by atoms with van der Waals surface area (Å²) >= 11 is 2.92. The van der Waals surface area contributed by atoms with Gasteiger partial charge < -0.3 is 0 Å². The molecule has 60 valence electrons. The molecule has 0 N–H and O–H groups in total. The van der Waals surface area contributed by atoms with Gasteiger partial charge in [0.1, 0.15) is 4.66 Å². The monoisotopic (exact) mass is 234 g/mol. The standard InChI is InChI=1S/C7H7BrO2S/c8-6-11(9,10)7-4-2-1-3-5-7/h1-5H,6H2. The second-order valence-corrected chi connectivity index (χ2v) is 5.33. The molecule has 2 nitrogen and oxygen atoms in total. The quantitative estimate of drug-likeness (QED) is 0.732. The molecule has 1 aromatic rings. The predicted molar refractivity (Wildman–Crippen MR) is 47.4 cm³/mol. The lowest BCUT2D eigenvalue weighted by Gasteiger charge is -1.97. The van der Waals surface area contributed by atoms with Crippen molar-refractivity contribution in [1.82, 2.24) is 0 Å². The Bertz CT molecular complexity index is 318. The minimum atomic E-state index is -3.08. The van der Waals surface area contributed by atoms with E-state index in [-0.39, 0.29) is 4.66 Å². The van der Waals surface area contributed by atoms with Crippen LogP contribution in [0.4, 0.5) is 0 Å². The van der Waals surface area contributed by atoms with Crippen LogP contribution in [-0.4, -0.2) is 13.1 Å². The molecule has 0 radical (unpaired) electrons. The lowest BCUT2D eigenvalue weighted by atomic mass is 10.4. The molecule has 0 aliphatic heterocycles. The van der Waals surface area contributed by atoms with Gasteiger partial charge in [-0.1, -0.05) is 34.1 Å². The maximum Gasteiger partial charge on any atom is 0.188 e. The van der Waals surface area contributed by atoms with Gasteiger partial charge in [-0.05, 0) is 12.1 Å². The zero-order chi connectivity index (χ0) is 8.32. The smallest absolute Gasteiger partial charge is 0.188 e. The molecule has 0 amide bonds. The van der Waals surface area contributed by atoms with Crippen molar-refractivity contribution in [2.24, 2.45) is 0 Å². The van der Waals surface area contributed by atoms with Crippen molar-refractivity contribution in [3.05, 3.63) is 30.3 Å². The summed E-state index contributed by atoms with van der Waals surface area (Å²) in [5.74, 6) is 0. The summed E-state index contributed by atoms with van der Waals surface area (Å²) < 4.78 is 22.3. The van der Waals surface area contributed by atoms with Crippen molar-refractivity contribution in [2.75, 3.05) is 4.66 Å². The van der Waals surface area contributed by atoms with Gasteiger partial charge in [0.05, 0.1) is 4.90 Å². The minimum absolute atomic E-state index is 0.0238. The van der Waals surface area contributed by atoms with Crippen LogP contribution in [0, 0.1) is 0 Å². The van der Waals surface area contributed by atoms with Gasteiger partial charge in [0.2, 0.25) is 0 Å². The third-order valence-electron chi connectivity index (χ3n) is 1.25. The van der Waals surface area contributed by atoms with Crippen molar-refractivity contribution in [3.8, 4) is 0 Å². The minimum Gasteiger partial charge on any atom is -0.223 e. The van der Waals surface area contributed by atoms with Gasteiger partial charge in [0, 0.05) is 0 Å². The summed E-state index contributed by atoms with van der Waals surface area (Å²) in [4.78, 5) is 0.358. The van der Waals surface area contributed by atoms with Gasteiger partial charge in [-0.15, -0.1) is 0 Å². The molecule has 0 aliphatic rings. The summed E-state index contributed by atoms with van der Waals surface area (Å²) in [6.45, 7) is 0. The average molecular weight is 235 g/mol. The van der Waals surface area contributed by atoms with Crippen LogP contribution in [0.15, 0.2) is 35.2 Å². The summed E-state index contributed by atoms with van der Waals surface area (Å²) in [5, 5.41) is 0. The summed E-state index contributed by atoms with van der Waals surface area (Å²) in [6, 6.07) is 8.35. The van der Waals surface area contributed by atoms with Crippen molar-refractivity contribution < 1.29 is 8.42 Å². The lowest BCUT2D eigenvalue weighted by molar-refractivity contribution is 0.601. The van der Waals surface area contributed by atoms with Crippen LogP contribution >= 0.6 is 15.9 Å². The fourth-order valence-corrected chi connectivity index (χ4v) is 2.18. The fourth-order valence-electron chi connectivity index (χ4n) is 0.691. The van der Waals surface area contributed by atoms with E-state index in [0.717, 1.165) is 0 Å². The largest absolute Gasteiger partial charge is 0.223 e. The van der Waals surface area contributed by atoms with Crippen molar-refractivity contribution in [1.29, 1.82) is 0 Å². The van der Waals surface area contributed by atoms with Crippen molar-refractivity contribution in [3.63, 3.8) is 0 Å². The van der Waals surface area contributed by atoms with Crippen LogP contribution < -0.4 is 0 Å². The summed E-state index contributed by atoms with van der Waals surface area (Å²) in [7, 11) is -3.08. The highest BCUT2D eigenvalue weighted by Gasteiger charge is 2.09. The first-order valence-electron chi connectivity index (χ1n) is 3.00. The first kappa shape index (κ1) is 8.74. The molecule has 0 atom stereocenters. The molecule has 0 fully saturated rings. The molecule has 0 spiro atoms. The zero-order valence-corrected chi connectivity index (χ0v) is 8.10. The van der Waals surface area contributed by atoms with E-state index >= 15 is 0 Å². The number of benzene rings is 1. The Kier molecular flexibility index (Phi) is 2.67. The van der Waals surface area contributed by atoms with Crippen LogP contribution in [-0.2, 0) is 9.84 Å². The number of hydrogen-bond donors (Lipinski definition) is 0. The van der Waals surface area contributed by atoms with Crippen LogP contribution in [0.1, 0.15) is 0 Å². The third kappa shape index (κ3) is 2.04. The zero-order valence-electron chi connectivity index (χ0n) is 5.70. The highest BCUT2D eigenvalue weighted by atomic mass is 79.9. The molecular weight excluding hydrogens is 228 g/mol. The number of halogens is 1. The molecule has 0 aromatic heterocycles. The van der Waals surface area contributed by atoms with E-state index in [1.54, 1.807) is 30.3 Å². The van der Waals surface area contributed by atoms with Crippen LogP contribution in [0.3, 0.4) is 0 Å². The average Bonchev–Trinajstić information content (AvgIpc) is 2.06. The highest BCUT2D eigenvalue weighted by molar-refractivity contribution is 9.10. The van der Waals surface area contributed by atoms with Gasteiger partial charge in [-0.25, -0.2) is 8.42 Å². The van der Waals surface area contributed by atoms with E-state index in [4.69, 9.17) is 0 Å². The Morgan fingerprint density at radius 3 is 2.18 bits per heavy atom. The van der Waals surface area contributed by atoms with Gasteiger partial charge >= 0.3 is 0 Å². The number of hydrogen-bond acceptors (Lipinski definition) is 2. The number of alkyl halides is 1. The molecule has 0 aliphatic carbocycles. The Hall–Kier alpha value is -0.350. The van der Waals surface area contributed by atoms with E-state index in [2.05, 4.69) is 15.9 Å². The number of rotatable bonds is 2. The topological polar surface area (TPSA) is 34.1 Å². The van der Waals surface area contributed by atoms with Crippen LogP contribution in [0.25, 0.3) is 0 Å². The van der Waals surface area contributed by atoms with E-state index in [1.165, 1.54) is 0 Å². The molecule has 11 heavy (non-hydrogen) atoms. The fraction of sp³-hybridized carbons (Fsp3) is 0.143. The molecule has 1 aromatic carbocycles. The second kappa shape index (κ2) is 3.36. The summed E-state index contributed by atoms with van der Waals surface area (Å²) in [6.07, 6.45) is 0. The van der Waals surface area contributed by atoms with E-state index in [0.29, 0.717) is 4.90 Å². The van der Waals surface area contributed by atoms with Crippen molar-refractivity contribution >= 4 is 25.8 Å². The lowest BCUT2D eigenvalue weighted by Crippen LogP contribution is -2.00. The maximum absolute atomic E-state index is 11.2. The van der Waals surface area contributed by atoms with Crippen LogP contribution in [0.5, 0.6) is 0 Å². The Labute approximate surface area is 74.3 Å². The molecule has 0 heterocycles. The van der Waals surface area contributed by atoms with Gasteiger partial charge in [0.25, 0.3) is 0 Å². The molecular formula is C7H7BrO2S. The van der Waals surface area contributed by atoms with Gasteiger partial charge in [0.15, 0.2) is 9.84 Å². The predicted octanol–water partition coefficient (Wildman–Crippen LogP) is 1.81. The van der Waals surface area contributed by atoms with E-state index < -0.39 is 9.84 Å². The summed E-state index contributed by atoms with van der Waals surface area (Å²) in [5.41, 5.74) is 0. The highest BCUT2D eigenvalue weighted by Crippen LogP contribution is 2.11. The van der Waals surface area contributed by atoms with E-state index in [9.17, 15) is 8.42 Å². The molecule has 0 saturated heterocycles. The first-order valence-corrected chi connectivity index (χ1v) is 5.78. The third-order valence-corrected chi connectivity index (χ3v) is 4.33.